The Morgan fingerprint density at radius 3 is 2.42 bits per heavy atom. The molecule has 0 saturated carbocycles. The molecule has 160 valence electrons. The Bertz CT molecular complexity index is 1170. The number of benzene rings is 2. The summed E-state index contributed by atoms with van der Waals surface area (Å²) < 4.78 is 58.1. The molecule has 1 aliphatic heterocycles. The zero-order chi connectivity index (χ0) is 22.2. The zero-order valence-electron chi connectivity index (χ0n) is 16.6. The van der Waals surface area contributed by atoms with Gasteiger partial charge in [-0.3, -0.25) is 9.98 Å². The number of hydrogen-bond donors (Lipinski definition) is 1. The summed E-state index contributed by atoms with van der Waals surface area (Å²) in [6.07, 6.45) is 3.45. The van der Waals surface area contributed by atoms with Crippen LogP contribution in [-0.4, -0.2) is 17.4 Å². The van der Waals surface area contributed by atoms with Gasteiger partial charge < -0.3 is 10.5 Å². The number of aryl methyl sites for hydroxylation is 1. The average Bonchev–Trinajstić information content (AvgIpc) is 3.12. The first-order chi connectivity index (χ1) is 14.8. The van der Waals surface area contributed by atoms with Gasteiger partial charge in [0, 0.05) is 23.7 Å². The maximum absolute atomic E-state index is 14.6. The average molecular weight is 429 g/mol. The van der Waals surface area contributed by atoms with Crippen molar-refractivity contribution in [3.05, 3.63) is 83.2 Å². The molecular formula is C23H19F4N3O. The van der Waals surface area contributed by atoms with Crippen LogP contribution in [0, 0.1) is 18.6 Å². The molecule has 2 heterocycles. The third kappa shape index (κ3) is 3.97. The van der Waals surface area contributed by atoms with Crippen molar-refractivity contribution < 1.29 is 22.3 Å². The van der Waals surface area contributed by atoms with Crippen molar-refractivity contribution in [2.45, 2.75) is 31.9 Å². The molecule has 2 N–H and O–H groups in total. The van der Waals surface area contributed by atoms with Gasteiger partial charge in [-0.1, -0.05) is 12.1 Å². The first kappa shape index (κ1) is 20.8. The lowest BCUT2D eigenvalue weighted by atomic mass is 9.80. The van der Waals surface area contributed by atoms with E-state index in [0.29, 0.717) is 40.9 Å². The summed E-state index contributed by atoms with van der Waals surface area (Å²) in [4.78, 5) is 8.46. The number of pyridine rings is 1. The number of halogens is 4. The van der Waals surface area contributed by atoms with Crippen molar-refractivity contribution in [3.8, 4) is 16.9 Å². The number of aromatic nitrogens is 1. The predicted molar refractivity (Wildman–Crippen MR) is 109 cm³/mol. The summed E-state index contributed by atoms with van der Waals surface area (Å²) in [5.41, 5.74) is 7.42. The van der Waals surface area contributed by atoms with Crippen LogP contribution in [-0.2, 0) is 5.54 Å². The van der Waals surface area contributed by atoms with Gasteiger partial charge in [-0.2, -0.15) is 8.78 Å². The highest BCUT2D eigenvalue weighted by molar-refractivity contribution is 5.84. The monoisotopic (exact) mass is 429 g/mol. The number of alkyl halides is 2. The van der Waals surface area contributed by atoms with E-state index in [2.05, 4.69) is 14.7 Å². The fourth-order valence-corrected chi connectivity index (χ4v) is 3.95. The standard InChI is InChI=1S/C23H19F4N3O/c1-13-8-15(3-5-20(13)31-22(26)27)23(7-6-21(28)30-23)16-2-4-19(25)18(10-16)14-9-17(24)12-29-11-14/h2-5,8-12,22H,6-7H2,1H3,(H2,28,30). The van der Waals surface area contributed by atoms with Crippen molar-refractivity contribution in [1.82, 2.24) is 4.98 Å². The van der Waals surface area contributed by atoms with Crippen LogP contribution in [0.4, 0.5) is 17.6 Å². The Morgan fingerprint density at radius 1 is 1.03 bits per heavy atom. The van der Waals surface area contributed by atoms with Gasteiger partial charge in [-0.25, -0.2) is 8.78 Å². The number of nitrogens with two attached hydrogens (primary N) is 1. The van der Waals surface area contributed by atoms with Gasteiger partial charge in [-0.05, 0) is 60.4 Å². The Kier molecular flexibility index (Phi) is 5.39. The molecule has 3 aromatic rings. The van der Waals surface area contributed by atoms with Crippen LogP contribution in [0.3, 0.4) is 0 Å². The van der Waals surface area contributed by atoms with Crippen LogP contribution in [0.25, 0.3) is 11.1 Å². The molecule has 0 fully saturated rings. The quantitative estimate of drug-likeness (QED) is 0.558. The normalized spacial score (nSPS) is 18.3. The van der Waals surface area contributed by atoms with Crippen LogP contribution in [0.2, 0.25) is 0 Å². The van der Waals surface area contributed by atoms with E-state index in [4.69, 9.17) is 5.73 Å². The van der Waals surface area contributed by atoms with E-state index in [1.54, 1.807) is 31.2 Å². The molecule has 2 aromatic carbocycles. The summed E-state index contributed by atoms with van der Waals surface area (Å²) in [5.74, 6) is -0.609. The van der Waals surface area contributed by atoms with Gasteiger partial charge in [0.05, 0.1) is 12.0 Å². The maximum Gasteiger partial charge on any atom is 0.387 e. The molecule has 1 atom stereocenters. The second-order valence-electron chi connectivity index (χ2n) is 7.41. The van der Waals surface area contributed by atoms with E-state index >= 15 is 0 Å². The molecule has 0 aliphatic carbocycles. The second-order valence-corrected chi connectivity index (χ2v) is 7.41. The molecule has 1 aliphatic rings. The fourth-order valence-electron chi connectivity index (χ4n) is 3.95. The van der Waals surface area contributed by atoms with Gasteiger partial charge in [0.2, 0.25) is 0 Å². The molecule has 0 radical (unpaired) electrons. The minimum Gasteiger partial charge on any atom is -0.435 e. The molecule has 1 aromatic heterocycles. The number of amidine groups is 1. The van der Waals surface area contributed by atoms with Gasteiger partial charge in [-0.15, -0.1) is 0 Å². The summed E-state index contributed by atoms with van der Waals surface area (Å²) in [6.45, 7) is -1.27. The number of ether oxygens (including phenoxy) is 1. The van der Waals surface area contributed by atoms with E-state index in [-0.39, 0.29) is 11.3 Å². The molecule has 4 nitrogen and oxygen atoms in total. The van der Waals surface area contributed by atoms with Crippen LogP contribution in [0.5, 0.6) is 5.75 Å². The number of rotatable bonds is 5. The predicted octanol–water partition coefficient (Wildman–Crippen LogP) is 5.33. The third-order valence-corrected chi connectivity index (χ3v) is 5.41. The lowest BCUT2D eigenvalue weighted by Gasteiger charge is -2.28. The minimum atomic E-state index is -2.93. The summed E-state index contributed by atoms with van der Waals surface area (Å²) in [7, 11) is 0. The highest BCUT2D eigenvalue weighted by atomic mass is 19.3. The van der Waals surface area contributed by atoms with E-state index in [1.165, 1.54) is 24.4 Å². The largest absolute Gasteiger partial charge is 0.435 e. The molecule has 31 heavy (non-hydrogen) atoms. The molecule has 8 heteroatoms. The number of nitrogens with zero attached hydrogens (tertiary/aromatic N) is 2. The van der Waals surface area contributed by atoms with Crippen molar-refractivity contribution >= 4 is 5.84 Å². The number of hydrogen-bond acceptors (Lipinski definition) is 4. The lowest BCUT2D eigenvalue weighted by Crippen LogP contribution is -2.23. The maximum atomic E-state index is 14.6. The van der Waals surface area contributed by atoms with E-state index in [9.17, 15) is 17.6 Å². The van der Waals surface area contributed by atoms with Crippen molar-refractivity contribution in [2.24, 2.45) is 10.7 Å². The van der Waals surface area contributed by atoms with Crippen LogP contribution in [0.15, 0.2) is 59.9 Å². The smallest absolute Gasteiger partial charge is 0.387 e. The van der Waals surface area contributed by atoms with E-state index in [1.807, 2.05) is 0 Å². The molecule has 1 unspecified atom stereocenters. The molecule has 0 saturated heterocycles. The van der Waals surface area contributed by atoms with Gasteiger partial charge in [0.1, 0.15) is 22.9 Å². The Labute approximate surface area is 176 Å². The zero-order valence-corrected chi connectivity index (χ0v) is 16.6. The molecule has 4 rings (SSSR count). The van der Waals surface area contributed by atoms with Crippen LogP contribution < -0.4 is 10.5 Å². The first-order valence-corrected chi connectivity index (χ1v) is 9.59. The lowest BCUT2D eigenvalue weighted by molar-refractivity contribution is -0.0503. The van der Waals surface area contributed by atoms with Crippen LogP contribution >= 0.6 is 0 Å². The summed E-state index contributed by atoms with van der Waals surface area (Å²) in [6, 6.07) is 10.5. The van der Waals surface area contributed by atoms with Gasteiger partial charge in [0.25, 0.3) is 0 Å². The molecule has 0 spiro atoms. The Hall–Kier alpha value is -3.42. The van der Waals surface area contributed by atoms with Crippen LogP contribution in [0.1, 0.15) is 29.5 Å². The summed E-state index contributed by atoms with van der Waals surface area (Å²) >= 11 is 0. The topological polar surface area (TPSA) is 60.5 Å². The number of aliphatic imine (C=N–C) groups is 1. The fraction of sp³-hybridized carbons (Fsp3) is 0.217. The van der Waals surface area contributed by atoms with Crippen molar-refractivity contribution in [2.75, 3.05) is 0 Å². The molecule has 0 bridgehead atoms. The third-order valence-electron chi connectivity index (χ3n) is 5.41. The SMILES string of the molecule is Cc1cc(C2(c3ccc(F)c(-c4cncc(F)c4)c3)CCC(N)=N2)ccc1OC(F)F. The Morgan fingerprint density at radius 2 is 1.77 bits per heavy atom. The highest BCUT2D eigenvalue weighted by Gasteiger charge is 2.39. The minimum absolute atomic E-state index is 0.0643. The second kappa shape index (κ2) is 8.02. The van der Waals surface area contributed by atoms with E-state index in [0.717, 1.165) is 6.20 Å². The van der Waals surface area contributed by atoms with E-state index < -0.39 is 23.8 Å². The highest BCUT2D eigenvalue weighted by Crippen LogP contribution is 2.44. The first-order valence-electron chi connectivity index (χ1n) is 9.59. The molecular weight excluding hydrogens is 410 g/mol. The van der Waals surface area contributed by atoms with Gasteiger partial charge in [0.15, 0.2) is 0 Å². The van der Waals surface area contributed by atoms with Crippen molar-refractivity contribution in [1.29, 1.82) is 0 Å². The molecule has 0 amide bonds. The summed E-state index contributed by atoms with van der Waals surface area (Å²) in [5, 5.41) is 0. The van der Waals surface area contributed by atoms with Gasteiger partial charge >= 0.3 is 6.61 Å². The van der Waals surface area contributed by atoms with Crippen molar-refractivity contribution in [3.63, 3.8) is 0 Å². The Balaban J connectivity index is 1.85.